The maximum absolute atomic E-state index is 12.4. The van der Waals surface area contributed by atoms with Crippen molar-refractivity contribution in [2.24, 2.45) is 5.92 Å². The highest BCUT2D eigenvalue weighted by Crippen LogP contribution is 2.25. The van der Waals surface area contributed by atoms with E-state index >= 15 is 0 Å². The summed E-state index contributed by atoms with van der Waals surface area (Å²) in [6.45, 7) is 7.72. The van der Waals surface area contributed by atoms with Crippen molar-refractivity contribution < 1.29 is 14.3 Å². The molecule has 1 saturated carbocycles. The van der Waals surface area contributed by atoms with Crippen LogP contribution in [0.5, 0.6) is 0 Å². The van der Waals surface area contributed by atoms with Crippen molar-refractivity contribution in [3.05, 3.63) is 0 Å². The molecule has 6 heteroatoms. The molecule has 3 rings (SSSR count). The van der Waals surface area contributed by atoms with Crippen molar-refractivity contribution in [3.63, 3.8) is 0 Å². The molecule has 26 heavy (non-hydrogen) atoms. The zero-order chi connectivity index (χ0) is 18.4. The first-order valence-electron chi connectivity index (χ1n) is 10.5. The quantitative estimate of drug-likeness (QED) is 0.779. The molecule has 0 aromatic carbocycles. The molecule has 1 unspecified atom stereocenters. The SMILES string of the molecule is CC(C1CCN(C(=O)CCC(=O)NC2CCCC2)CC1)N1CCOCC1. The summed E-state index contributed by atoms with van der Waals surface area (Å²) in [4.78, 5) is 28.9. The van der Waals surface area contributed by atoms with Gasteiger partial charge in [-0.1, -0.05) is 12.8 Å². The minimum Gasteiger partial charge on any atom is -0.379 e. The summed E-state index contributed by atoms with van der Waals surface area (Å²) in [7, 11) is 0. The normalized spacial score (nSPS) is 24.6. The van der Waals surface area contributed by atoms with Crippen LogP contribution >= 0.6 is 0 Å². The van der Waals surface area contributed by atoms with Crippen LogP contribution in [0.25, 0.3) is 0 Å². The lowest BCUT2D eigenvalue weighted by atomic mass is 9.89. The molecule has 148 valence electrons. The largest absolute Gasteiger partial charge is 0.379 e. The number of piperidine rings is 1. The Labute approximate surface area is 157 Å². The number of morpholine rings is 1. The van der Waals surface area contributed by atoms with Gasteiger partial charge in [-0.15, -0.1) is 0 Å². The maximum Gasteiger partial charge on any atom is 0.223 e. The van der Waals surface area contributed by atoms with E-state index in [1.807, 2.05) is 4.90 Å². The highest BCUT2D eigenvalue weighted by Gasteiger charge is 2.30. The molecule has 3 aliphatic rings. The maximum atomic E-state index is 12.4. The van der Waals surface area contributed by atoms with E-state index in [1.165, 1.54) is 12.8 Å². The Bertz CT molecular complexity index is 465. The summed E-state index contributed by atoms with van der Waals surface area (Å²) < 4.78 is 5.45. The third-order valence-electron chi connectivity index (χ3n) is 6.48. The minimum atomic E-state index is 0.0427. The molecule has 0 bridgehead atoms. The summed E-state index contributed by atoms with van der Waals surface area (Å²) in [6, 6.07) is 0.906. The number of hydrogen-bond donors (Lipinski definition) is 1. The van der Waals surface area contributed by atoms with Crippen molar-refractivity contribution in [1.29, 1.82) is 0 Å². The van der Waals surface area contributed by atoms with E-state index in [2.05, 4.69) is 17.1 Å². The molecule has 1 aliphatic carbocycles. The number of rotatable bonds is 6. The Morgan fingerprint density at radius 3 is 2.31 bits per heavy atom. The van der Waals surface area contributed by atoms with Gasteiger partial charge in [0.2, 0.25) is 11.8 Å². The van der Waals surface area contributed by atoms with Crippen LogP contribution in [0.1, 0.15) is 58.3 Å². The van der Waals surface area contributed by atoms with Gasteiger partial charge in [-0.3, -0.25) is 14.5 Å². The van der Waals surface area contributed by atoms with Crippen LogP contribution in [0, 0.1) is 5.92 Å². The van der Waals surface area contributed by atoms with Gasteiger partial charge in [0.05, 0.1) is 13.2 Å². The third kappa shape index (κ3) is 5.43. The summed E-state index contributed by atoms with van der Waals surface area (Å²) in [5, 5.41) is 3.07. The van der Waals surface area contributed by atoms with Gasteiger partial charge in [0.1, 0.15) is 0 Å². The van der Waals surface area contributed by atoms with E-state index in [9.17, 15) is 9.59 Å². The van der Waals surface area contributed by atoms with Crippen molar-refractivity contribution in [2.75, 3.05) is 39.4 Å². The molecule has 3 fully saturated rings. The predicted molar refractivity (Wildman–Crippen MR) is 101 cm³/mol. The average Bonchev–Trinajstić information content (AvgIpc) is 3.19. The van der Waals surface area contributed by atoms with E-state index in [1.54, 1.807) is 0 Å². The van der Waals surface area contributed by atoms with Gasteiger partial charge in [0.25, 0.3) is 0 Å². The van der Waals surface area contributed by atoms with Crippen LogP contribution in [-0.2, 0) is 14.3 Å². The molecule has 1 N–H and O–H groups in total. The molecule has 6 nitrogen and oxygen atoms in total. The zero-order valence-corrected chi connectivity index (χ0v) is 16.3. The monoisotopic (exact) mass is 365 g/mol. The molecule has 0 aromatic rings. The Balaban J connectivity index is 1.34. The molecule has 0 spiro atoms. The molecule has 2 heterocycles. The fourth-order valence-corrected chi connectivity index (χ4v) is 4.66. The van der Waals surface area contributed by atoms with Crippen molar-refractivity contribution in [2.45, 2.75) is 70.4 Å². The Morgan fingerprint density at radius 1 is 1.00 bits per heavy atom. The summed E-state index contributed by atoms with van der Waals surface area (Å²) in [5.41, 5.74) is 0. The molecule has 0 aromatic heterocycles. The van der Waals surface area contributed by atoms with E-state index in [0.717, 1.165) is 65.1 Å². The lowest BCUT2D eigenvalue weighted by molar-refractivity contribution is -0.135. The average molecular weight is 366 g/mol. The van der Waals surface area contributed by atoms with Crippen molar-refractivity contribution >= 4 is 11.8 Å². The molecular formula is C20H35N3O3. The van der Waals surface area contributed by atoms with Gasteiger partial charge in [-0.05, 0) is 38.5 Å². The number of hydrogen-bond acceptors (Lipinski definition) is 4. The predicted octanol–water partition coefficient (Wildman–Crippen LogP) is 1.78. The molecule has 2 aliphatic heterocycles. The second-order valence-electron chi connectivity index (χ2n) is 8.16. The van der Waals surface area contributed by atoms with Gasteiger partial charge in [0, 0.05) is 51.1 Å². The van der Waals surface area contributed by atoms with Gasteiger partial charge < -0.3 is 15.0 Å². The number of nitrogens with one attached hydrogen (secondary N) is 1. The second kappa shape index (κ2) is 9.70. The second-order valence-corrected chi connectivity index (χ2v) is 8.16. The molecule has 2 amide bonds. The lowest BCUT2D eigenvalue weighted by Crippen LogP contribution is -2.49. The molecule has 0 radical (unpaired) electrons. The molecule has 2 saturated heterocycles. The highest BCUT2D eigenvalue weighted by atomic mass is 16.5. The van der Waals surface area contributed by atoms with Crippen LogP contribution in [0.3, 0.4) is 0 Å². The van der Waals surface area contributed by atoms with Crippen LogP contribution in [-0.4, -0.2) is 73.1 Å². The van der Waals surface area contributed by atoms with E-state index < -0.39 is 0 Å². The Kier molecular flexibility index (Phi) is 7.32. The van der Waals surface area contributed by atoms with Crippen molar-refractivity contribution in [1.82, 2.24) is 15.1 Å². The zero-order valence-electron chi connectivity index (χ0n) is 16.3. The van der Waals surface area contributed by atoms with E-state index in [4.69, 9.17) is 4.74 Å². The first-order chi connectivity index (χ1) is 12.6. The number of ether oxygens (including phenoxy) is 1. The van der Waals surface area contributed by atoms with Gasteiger partial charge in [-0.2, -0.15) is 0 Å². The molecular weight excluding hydrogens is 330 g/mol. The summed E-state index contributed by atoms with van der Waals surface area (Å²) in [6.07, 6.45) is 7.42. The third-order valence-corrected chi connectivity index (χ3v) is 6.48. The number of nitrogens with zero attached hydrogens (tertiary/aromatic N) is 2. The lowest BCUT2D eigenvalue weighted by Gasteiger charge is -2.41. The van der Waals surface area contributed by atoms with Crippen LogP contribution in [0.15, 0.2) is 0 Å². The van der Waals surface area contributed by atoms with E-state index in [-0.39, 0.29) is 11.8 Å². The fraction of sp³-hybridized carbons (Fsp3) is 0.900. The summed E-state index contributed by atoms with van der Waals surface area (Å²) >= 11 is 0. The molecule has 1 atom stereocenters. The van der Waals surface area contributed by atoms with Gasteiger partial charge in [-0.25, -0.2) is 0 Å². The minimum absolute atomic E-state index is 0.0427. The topological polar surface area (TPSA) is 61.9 Å². The Hall–Kier alpha value is -1.14. The summed E-state index contributed by atoms with van der Waals surface area (Å²) in [5.74, 6) is 0.841. The van der Waals surface area contributed by atoms with Crippen LogP contribution < -0.4 is 5.32 Å². The van der Waals surface area contributed by atoms with E-state index in [0.29, 0.717) is 30.8 Å². The number of carbonyl (C=O) groups excluding carboxylic acids is 2. The number of carbonyl (C=O) groups is 2. The van der Waals surface area contributed by atoms with Crippen LogP contribution in [0.2, 0.25) is 0 Å². The van der Waals surface area contributed by atoms with Crippen LogP contribution in [0.4, 0.5) is 0 Å². The standard InChI is InChI=1S/C20H35N3O3/c1-16(22-12-14-26-15-13-22)17-8-10-23(11-9-17)20(25)7-6-19(24)21-18-4-2-3-5-18/h16-18H,2-15H2,1H3,(H,21,24). The number of likely N-dealkylation sites (tertiary alicyclic amines) is 1. The fourth-order valence-electron chi connectivity index (χ4n) is 4.66. The van der Waals surface area contributed by atoms with Gasteiger partial charge in [0.15, 0.2) is 0 Å². The highest BCUT2D eigenvalue weighted by molar-refractivity contribution is 5.84. The Morgan fingerprint density at radius 2 is 1.65 bits per heavy atom. The number of amides is 2. The first kappa shape index (κ1) is 19.6. The van der Waals surface area contributed by atoms with Crippen molar-refractivity contribution in [3.8, 4) is 0 Å². The smallest absolute Gasteiger partial charge is 0.223 e. The van der Waals surface area contributed by atoms with Gasteiger partial charge >= 0.3 is 0 Å². The first-order valence-corrected chi connectivity index (χ1v) is 10.5.